The molecule has 0 aromatic carbocycles. The lowest BCUT2D eigenvalue weighted by Gasteiger charge is -2.41. The average molecular weight is 323 g/mol. The first-order chi connectivity index (χ1) is 10.8. The lowest BCUT2D eigenvalue weighted by molar-refractivity contribution is 0.0130. The van der Waals surface area contributed by atoms with Gasteiger partial charge >= 0.3 is 6.03 Å². The van der Waals surface area contributed by atoms with E-state index in [0.29, 0.717) is 13.1 Å². The first-order valence-corrected chi connectivity index (χ1v) is 8.33. The zero-order valence-electron chi connectivity index (χ0n) is 14.6. The van der Waals surface area contributed by atoms with E-state index in [1.165, 1.54) is 0 Å². The first-order valence-electron chi connectivity index (χ1n) is 8.33. The van der Waals surface area contributed by atoms with E-state index in [0.717, 1.165) is 31.7 Å². The molecule has 0 radical (unpaired) electrons. The fraction of sp³-hybridized carbons (Fsp3) is 0.750. The van der Waals surface area contributed by atoms with Gasteiger partial charge in [0.25, 0.3) is 0 Å². The molecule has 2 heterocycles. The lowest BCUT2D eigenvalue weighted by atomic mass is 10.1. The van der Waals surface area contributed by atoms with Gasteiger partial charge in [-0.25, -0.2) is 4.79 Å². The van der Waals surface area contributed by atoms with Gasteiger partial charge in [-0.2, -0.15) is 5.10 Å². The predicted octanol–water partition coefficient (Wildman–Crippen LogP) is 1.60. The SMILES string of the molecule is CCCn1cc(NC(=O)N2CCN(CC(C)(C)O)CC2C)cn1. The Bertz CT molecular complexity index is 523. The van der Waals surface area contributed by atoms with Gasteiger partial charge in [-0.3, -0.25) is 9.58 Å². The Labute approximate surface area is 138 Å². The summed E-state index contributed by atoms with van der Waals surface area (Å²) in [5, 5.41) is 17.1. The third-order valence-electron chi connectivity index (χ3n) is 3.92. The number of nitrogens with one attached hydrogen (secondary N) is 1. The van der Waals surface area contributed by atoms with Crippen LogP contribution in [0.25, 0.3) is 0 Å². The number of urea groups is 1. The number of amides is 2. The Balaban J connectivity index is 1.88. The van der Waals surface area contributed by atoms with Gasteiger partial charge in [-0.1, -0.05) is 6.92 Å². The third kappa shape index (κ3) is 5.21. The number of rotatable bonds is 5. The number of aromatic nitrogens is 2. The van der Waals surface area contributed by atoms with Crippen LogP contribution in [0.1, 0.15) is 34.1 Å². The zero-order chi connectivity index (χ0) is 17.0. The number of aryl methyl sites for hydroxylation is 1. The molecule has 23 heavy (non-hydrogen) atoms. The van der Waals surface area contributed by atoms with Gasteiger partial charge in [0.05, 0.1) is 17.5 Å². The number of nitrogens with zero attached hydrogens (tertiary/aromatic N) is 4. The maximum Gasteiger partial charge on any atom is 0.322 e. The number of hydrogen-bond acceptors (Lipinski definition) is 4. The molecule has 7 nitrogen and oxygen atoms in total. The number of carbonyl (C=O) groups is 1. The second-order valence-electron chi connectivity index (χ2n) is 7.01. The van der Waals surface area contributed by atoms with E-state index in [2.05, 4.69) is 22.2 Å². The highest BCUT2D eigenvalue weighted by atomic mass is 16.3. The molecule has 0 bridgehead atoms. The van der Waals surface area contributed by atoms with Crippen LogP contribution in [0.5, 0.6) is 0 Å². The number of carbonyl (C=O) groups excluding carboxylic acids is 1. The van der Waals surface area contributed by atoms with Crippen molar-refractivity contribution in [1.29, 1.82) is 0 Å². The summed E-state index contributed by atoms with van der Waals surface area (Å²) < 4.78 is 1.83. The van der Waals surface area contributed by atoms with E-state index < -0.39 is 5.60 Å². The molecular weight excluding hydrogens is 294 g/mol. The lowest BCUT2D eigenvalue weighted by Crippen LogP contribution is -2.57. The van der Waals surface area contributed by atoms with Gasteiger partial charge in [-0.05, 0) is 27.2 Å². The van der Waals surface area contributed by atoms with E-state index in [1.54, 1.807) is 6.20 Å². The van der Waals surface area contributed by atoms with Crippen LogP contribution in [0, 0.1) is 0 Å². The van der Waals surface area contributed by atoms with Crippen LogP contribution in [0.2, 0.25) is 0 Å². The van der Waals surface area contributed by atoms with Crippen LogP contribution in [0.4, 0.5) is 10.5 Å². The minimum Gasteiger partial charge on any atom is -0.389 e. The summed E-state index contributed by atoms with van der Waals surface area (Å²) in [5.41, 5.74) is 0.0208. The minimum atomic E-state index is -0.710. The molecule has 2 amide bonds. The molecule has 1 unspecified atom stereocenters. The van der Waals surface area contributed by atoms with Crippen molar-refractivity contribution in [2.45, 2.75) is 52.3 Å². The predicted molar refractivity (Wildman–Crippen MR) is 90.4 cm³/mol. The van der Waals surface area contributed by atoms with Crippen LogP contribution in [0.15, 0.2) is 12.4 Å². The molecule has 130 valence electrons. The minimum absolute atomic E-state index is 0.0866. The van der Waals surface area contributed by atoms with Crippen molar-refractivity contribution in [2.24, 2.45) is 0 Å². The molecule has 1 aliphatic heterocycles. The van der Waals surface area contributed by atoms with Crippen molar-refractivity contribution in [2.75, 3.05) is 31.5 Å². The number of aliphatic hydroxyl groups is 1. The standard InChI is InChI=1S/C16H29N5O2/c1-5-6-20-11-14(9-17-20)18-15(22)21-8-7-19(10-13(21)2)12-16(3,4)23/h9,11,13,23H,5-8,10,12H2,1-4H3,(H,18,22). The highest BCUT2D eigenvalue weighted by Crippen LogP contribution is 2.15. The van der Waals surface area contributed by atoms with E-state index in [4.69, 9.17) is 0 Å². The fourth-order valence-corrected chi connectivity index (χ4v) is 3.00. The molecule has 1 fully saturated rings. The summed E-state index contributed by atoms with van der Waals surface area (Å²) in [5.74, 6) is 0. The molecule has 1 atom stereocenters. The van der Waals surface area contributed by atoms with Crippen molar-refractivity contribution in [3.05, 3.63) is 12.4 Å². The van der Waals surface area contributed by atoms with Gasteiger partial charge in [0.15, 0.2) is 0 Å². The molecule has 7 heteroatoms. The van der Waals surface area contributed by atoms with Crippen molar-refractivity contribution >= 4 is 11.7 Å². The van der Waals surface area contributed by atoms with Crippen molar-refractivity contribution in [1.82, 2.24) is 19.6 Å². The summed E-state index contributed by atoms with van der Waals surface area (Å²) in [6, 6.07) is 0.0215. The largest absolute Gasteiger partial charge is 0.389 e. The quantitative estimate of drug-likeness (QED) is 0.863. The Hall–Kier alpha value is -1.60. The molecule has 0 spiro atoms. The second kappa shape index (κ2) is 7.31. The summed E-state index contributed by atoms with van der Waals surface area (Å²) >= 11 is 0. The zero-order valence-corrected chi connectivity index (χ0v) is 14.6. The Morgan fingerprint density at radius 1 is 1.48 bits per heavy atom. The molecule has 1 aliphatic rings. The Kier molecular flexibility index (Phi) is 5.64. The van der Waals surface area contributed by atoms with E-state index in [-0.39, 0.29) is 12.1 Å². The maximum absolute atomic E-state index is 12.4. The van der Waals surface area contributed by atoms with Gasteiger partial charge in [0, 0.05) is 45.0 Å². The molecule has 2 rings (SSSR count). The first kappa shape index (κ1) is 17.7. The normalized spacial score (nSPS) is 19.9. The van der Waals surface area contributed by atoms with Crippen molar-refractivity contribution in [3.8, 4) is 0 Å². The van der Waals surface area contributed by atoms with Gasteiger partial charge in [0.2, 0.25) is 0 Å². The number of β-amino-alcohol motifs (C(OH)–C–C–N with tert-alkyl or cyclic N) is 1. The van der Waals surface area contributed by atoms with Gasteiger partial charge < -0.3 is 15.3 Å². The highest BCUT2D eigenvalue weighted by molar-refractivity contribution is 5.89. The Morgan fingerprint density at radius 2 is 2.22 bits per heavy atom. The Morgan fingerprint density at radius 3 is 2.83 bits per heavy atom. The fourth-order valence-electron chi connectivity index (χ4n) is 3.00. The van der Waals surface area contributed by atoms with Crippen LogP contribution < -0.4 is 5.32 Å². The summed E-state index contributed by atoms with van der Waals surface area (Å²) in [6.07, 6.45) is 4.55. The van der Waals surface area contributed by atoms with Crippen LogP contribution in [-0.2, 0) is 6.54 Å². The average Bonchev–Trinajstić information content (AvgIpc) is 2.84. The summed E-state index contributed by atoms with van der Waals surface area (Å²) in [4.78, 5) is 16.5. The van der Waals surface area contributed by atoms with E-state index >= 15 is 0 Å². The molecule has 1 aromatic heterocycles. The summed E-state index contributed by atoms with van der Waals surface area (Å²) in [6.45, 7) is 11.4. The number of hydrogen-bond donors (Lipinski definition) is 2. The van der Waals surface area contributed by atoms with Crippen molar-refractivity contribution < 1.29 is 9.90 Å². The van der Waals surface area contributed by atoms with E-state index in [1.807, 2.05) is 36.5 Å². The van der Waals surface area contributed by atoms with Gasteiger partial charge in [-0.15, -0.1) is 0 Å². The summed E-state index contributed by atoms with van der Waals surface area (Å²) in [7, 11) is 0. The van der Waals surface area contributed by atoms with Crippen molar-refractivity contribution in [3.63, 3.8) is 0 Å². The molecule has 0 saturated carbocycles. The molecule has 2 N–H and O–H groups in total. The number of anilines is 1. The van der Waals surface area contributed by atoms with Crippen LogP contribution in [-0.4, -0.2) is 68.5 Å². The molecule has 0 aliphatic carbocycles. The second-order valence-corrected chi connectivity index (χ2v) is 7.01. The maximum atomic E-state index is 12.4. The molecular formula is C16H29N5O2. The van der Waals surface area contributed by atoms with Crippen LogP contribution in [0.3, 0.4) is 0 Å². The van der Waals surface area contributed by atoms with Crippen LogP contribution >= 0.6 is 0 Å². The smallest absolute Gasteiger partial charge is 0.322 e. The monoisotopic (exact) mass is 323 g/mol. The topological polar surface area (TPSA) is 73.6 Å². The third-order valence-corrected chi connectivity index (χ3v) is 3.92. The molecule has 1 saturated heterocycles. The highest BCUT2D eigenvalue weighted by Gasteiger charge is 2.29. The number of piperazine rings is 1. The van der Waals surface area contributed by atoms with E-state index in [9.17, 15) is 9.90 Å². The van der Waals surface area contributed by atoms with Gasteiger partial charge in [0.1, 0.15) is 0 Å². The molecule has 1 aromatic rings.